The highest BCUT2D eigenvalue weighted by Gasteiger charge is 2.50. The van der Waals surface area contributed by atoms with E-state index >= 15 is 0 Å². The number of benzene rings is 2. The van der Waals surface area contributed by atoms with Gasteiger partial charge in [0.1, 0.15) is 0 Å². The van der Waals surface area contributed by atoms with E-state index in [9.17, 15) is 0 Å². The first-order valence-electron chi connectivity index (χ1n) is 10.8. The van der Waals surface area contributed by atoms with Crippen molar-refractivity contribution in [3.63, 3.8) is 0 Å². The minimum Gasteiger partial charge on any atom is -0.403 e. The molecule has 1 heterocycles. The first-order chi connectivity index (χ1) is 13.4. The molecule has 1 saturated heterocycles. The Balaban J connectivity index is 1.43. The van der Waals surface area contributed by atoms with Gasteiger partial charge in [-0.15, -0.1) is 0 Å². The topological polar surface area (TPSA) is 18.5 Å². The predicted molar refractivity (Wildman–Crippen MR) is 119 cm³/mol. The van der Waals surface area contributed by atoms with Gasteiger partial charge < -0.3 is 9.31 Å². The third kappa shape index (κ3) is 5.27. The van der Waals surface area contributed by atoms with E-state index in [4.69, 9.17) is 9.31 Å². The second-order valence-electron chi connectivity index (χ2n) is 9.05. The molecule has 0 aliphatic carbocycles. The predicted octanol–water partition coefficient (Wildman–Crippen LogP) is 6.86. The highest BCUT2D eigenvalue weighted by molar-refractivity contribution is 6.45. The Morgan fingerprint density at radius 2 is 1.14 bits per heavy atom. The molecule has 28 heavy (non-hydrogen) atoms. The van der Waals surface area contributed by atoms with Gasteiger partial charge in [-0.25, -0.2) is 0 Å². The second-order valence-corrected chi connectivity index (χ2v) is 9.05. The van der Waals surface area contributed by atoms with Crippen molar-refractivity contribution >= 4 is 7.12 Å². The van der Waals surface area contributed by atoms with Gasteiger partial charge in [0.05, 0.1) is 11.2 Å². The molecule has 0 spiro atoms. The lowest BCUT2D eigenvalue weighted by molar-refractivity contribution is 0.00578. The summed E-state index contributed by atoms with van der Waals surface area (Å²) in [7, 11) is -0.0496. The van der Waals surface area contributed by atoms with Crippen LogP contribution < -0.4 is 0 Å². The molecule has 0 radical (unpaired) electrons. The second kappa shape index (κ2) is 9.28. The lowest BCUT2D eigenvalue weighted by atomic mass is 9.81. The van der Waals surface area contributed by atoms with Crippen LogP contribution in [0.25, 0.3) is 0 Å². The molecule has 0 N–H and O–H groups in total. The van der Waals surface area contributed by atoms with Gasteiger partial charge >= 0.3 is 7.12 Å². The van der Waals surface area contributed by atoms with Crippen LogP contribution in [0.2, 0.25) is 6.32 Å². The molecule has 0 amide bonds. The third-order valence-corrected chi connectivity index (χ3v) is 6.39. The molecule has 2 aromatic carbocycles. The summed E-state index contributed by atoms with van der Waals surface area (Å²) >= 11 is 0. The summed E-state index contributed by atoms with van der Waals surface area (Å²) in [4.78, 5) is 0. The van der Waals surface area contributed by atoms with E-state index in [0.717, 1.165) is 12.7 Å². The van der Waals surface area contributed by atoms with E-state index in [1.54, 1.807) is 0 Å². The Kier molecular flexibility index (Phi) is 7.01. The quantitative estimate of drug-likeness (QED) is 0.350. The smallest absolute Gasteiger partial charge is 0.403 e. The zero-order valence-corrected chi connectivity index (χ0v) is 18.0. The fourth-order valence-corrected chi connectivity index (χ4v) is 3.99. The van der Waals surface area contributed by atoms with Crippen LogP contribution in [0, 0.1) is 0 Å². The van der Waals surface area contributed by atoms with E-state index in [1.165, 1.54) is 36.8 Å². The average Bonchev–Trinajstić information content (AvgIpc) is 2.89. The largest absolute Gasteiger partial charge is 0.457 e. The summed E-state index contributed by atoms with van der Waals surface area (Å²) in [6.07, 6.45) is 7.10. The number of hydrogen-bond donors (Lipinski definition) is 0. The molecule has 1 aliphatic heterocycles. The third-order valence-electron chi connectivity index (χ3n) is 6.39. The lowest BCUT2D eigenvalue weighted by Gasteiger charge is -2.32. The van der Waals surface area contributed by atoms with Gasteiger partial charge in [-0.2, -0.15) is 0 Å². The van der Waals surface area contributed by atoms with Gasteiger partial charge in [0.15, 0.2) is 0 Å². The highest BCUT2D eigenvalue weighted by Crippen LogP contribution is 2.38. The average molecular weight is 378 g/mol. The minimum absolute atomic E-state index is 0.0496. The Bertz CT molecular complexity index is 656. The normalized spacial score (nSPS) is 18.0. The van der Waals surface area contributed by atoms with Crippen molar-refractivity contribution < 1.29 is 9.31 Å². The standard InChI is InChI=1S/C25H35BO2/c1-24(2)25(3,4)28-26(27-24)20-14-6-5-13-19-23(21-15-9-7-10-16-21)22-17-11-8-12-18-22/h7-12,15-18,23H,5-6,13-14,19-20H2,1-4H3. The number of rotatable bonds is 9. The Morgan fingerprint density at radius 1 is 0.679 bits per heavy atom. The summed E-state index contributed by atoms with van der Waals surface area (Å²) < 4.78 is 12.2. The van der Waals surface area contributed by atoms with Crippen molar-refractivity contribution in [2.75, 3.05) is 0 Å². The number of hydrogen-bond acceptors (Lipinski definition) is 2. The van der Waals surface area contributed by atoms with Crippen molar-refractivity contribution in [2.24, 2.45) is 0 Å². The molecular weight excluding hydrogens is 343 g/mol. The first-order valence-corrected chi connectivity index (χ1v) is 10.8. The van der Waals surface area contributed by atoms with E-state index in [0.29, 0.717) is 5.92 Å². The molecule has 3 rings (SSSR count). The van der Waals surface area contributed by atoms with Crippen LogP contribution in [0.3, 0.4) is 0 Å². The SMILES string of the molecule is CC1(C)OB(CCCCCCC(c2ccccc2)c2ccccc2)OC1(C)C. The van der Waals surface area contributed by atoms with Crippen molar-refractivity contribution in [3.8, 4) is 0 Å². The van der Waals surface area contributed by atoms with E-state index in [2.05, 4.69) is 88.4 Å². The molecule has 3 heteroatoms. The van der Waals surface area contributed by atoms with Gasteiger partial charge in [-0.05, 0) is 51.6 Å². The summed E-state index contributed by atoms with van der Waals surface area (Å²) in [5, 5.41) is 0. The van der Waals surface area contributed by atoms with Crippen LogP contribution in [0.4, 0.5) is 0 Å². The van der Waals surface area contributed by atoms with Crippen molar-refractivity contribution in [1.29, 1.82) is 0 Å². The molecule has 0 atom stereocenters. The van der Waals surface area contributed by atoms with Crippen LogP contribution in [-0.4, -0.2) is 18.3 Å². The molecular formula is C25H35BO2. The van der Waals surface area contributed by atoms with Gasteiger partial charge in [-0.3, -0.25) is 0 Å². The van der Waals surface area contributed by atoms with Crippen molar-refractivity contribution in [3.05, 3.63) is 71.8 Å². The molecule has 0 saturated carbocycles. The fourth-order valence-electron chi connectivity index (χ4n) is 3.99. The fraction of sp³-hybridized carbons (Fsp3) is 0.520. The Hall–Kier alpha value is -1.58. The summed E-state index contributed by atoms with van der Waals surface area (Å²) in [5.41, 5.74) is 2.42. The summed E-state index contributed by atoms with van der Waals surface area (Å²) in [5.74, 6) is 0.491. The van der Waals surface area contributed by atoms with E-state index in [-0.39, 0.29) is 18.3 Å². The molecule has 2 nitrogen and oxygen atoms in total. The zero-order chi connectivity index (χ0) is 20.0. The van der Waals surface area contributed by atoms with Crippen LogP contribution in [0.5, 0.6) is 0 Å². The zero-order valence-electron chi connectivity index (χ0n) is 18.0. The maximum Gasteiger partial charge on any atom is 0.457 e. The monoisotopic (exact) mass is 378 g/mol. The minimum atomic E-state index is -0.212. The van der Waals surface area contributed by atoms with Crippen LogP contribution in [0.1, 0.15) is 76.8 Å². The molecule has 1 fully saturated rings. The summed E-state index contributed by atoms with van der Waals surface area (Å²) in [6.45, 7) is 8.50. The van der Waals surface area contributed by atoms with Crippen LogP contribution in [0.15, 0.2) is 60.7 Å². The van der Waals surface area contributed by atoms with Crippen molar-refractivity contribution in [2.45, 2.75) is 83.2 Å². The van der Waals surface area contributed by atoms with Gasteiger partial charge in [0.2, 0.25) is 0 Å². The maximum absolute atomic E-state index is 6.10. The molecule has 0 aromatic heterocycles. The van der Waals surface area contributed by atoms with Gasteiger partial charge in [0.25, 0.3) is 0 Å². The number of unbranched alkanes of at least 4 members (excludes halogenated alkanes) is 3. The molecule has 2 aromatic rings. The van der Waals surface area contributed by atoms with Crippen LogP contribution >= 0.6 is 0 Å². The van der Waals surface area contributed by atoms with Gasteiger partial charge in [0, 0.05) is 5.92 Å². The molecule has 0 bridgehead atoms. The highest BCUT2D eigenvalue weighted by atomic mass is 16.7. The molecule has 0 unspecified atom stereocenters. The first kappa shape index (κ1) is 21.1. The van der Waals surface area contributed by atoms with Crippen molar-refractivity contribution in [1.82, 2.24) is 0 Å². The van der Waals surface area contributed by atoms with E-state index in [1.807, 2.05) is 0 Å². The van der Waals surface area contributed by atoms with E-state index < -0.39 is 0 Å². The maximum atomic E-state index is 6.10. The van der Waals surface area contributed by atoms with Crippen LogP contribution in [-0.2, 0) is 9.31 Å². The molecule has 1 aliphatic rings. The Morgan fingerprint density at radius 3 is 1.64 bits per heavy atom. The molecule has 150 valence electrons. The lowest BCUT2D eigenvalue weighted by Crippen LogP contribution is -2.41. The van der Waals surface area contributed by atoms with Gasteiger partial charge in [-0.1, -0.05) is 86.3 Å². The Labute approximate surface area is 171 Å². The summed E-state index contributed by atoms with van der Waals surface area (Å²) in [6, 6.07) is 21.8.